The zero-order valence-corrected chi connectivity index (χ0v) is 20.1. The lowest BCUT2D eigenvalue weighted by Crippen LogP contribution is -2.23. The number of hydrogen-bond donors (Lipinski definition) is 2. The van der Waals surface area contributed by atoms with Gasteiger partial charge < -0.3 is 9.30 Å². The van der Waals surface area contributed by atoms with Gasteiger partial charge >= 0.3 is 0 Å². The number of hydrogen-bond acceptors (Lipinski definition) is 8. The molecule has 1 atom stereocenters. The molecule has 3 aromatic heterocycles. The summed E-state index contributed by atoms with van der Waals surface area (Å²) in [7, 11) is -1.28. The van der Waals surface area contributed by atoms with Crippen molar-refractivity contribution in [2.24, 2.45) is 0 Å². The van der Waals surface area contributed by atoms with Crippen molar-refractivity contribution in [3.05, 3.63) is 64.5 Å². The molecule has 3 heterocycles. The predicted octanol–water partition coefficient (Wildman–Crippen LogP) is 1.73. The molecule has 4 rings (SSSR count). The van der Waals surface area contributed by atoms with Crippen molar-refractivity contribution in [1.29, 1.82) is 0 Å². The number of aryl methyl sites for hydroxylation is 1. The fourth-order valence-electron chi connectivity index (χ4n) is 3.76. The highest BCUT2D eigenvalue weighted by Gasteiger charge is 2.18. The van der Waals surface area contributed by atoms with E-state index in [9.17, 15) is 13.2 Å². The van der Waals surface area contributed by atoms with Crippen molar-refractivity contribution in [1.82, 2.24) is 34.0 Å². The van der Waals surface area contributed by atoms with E-state index in [0.29, 0.717) is 33.8 Å². The van der Waals surface area contributed by atoms with E-state index in [4.69, 9.17) is 4.74 Å². The fourth-order valence-corrected chi connectivity index (χ4v) is 4.08. The van der Waals surface area contributed by atoms with Crippen molar-refractivity contribution < 1.29 is 13.2 Å². The summed E-state index contributed by atoms with van der Waals surface area (Å²) >= 11 is 0. The average molecular weight is 484 g/mol. The first-order valence-electron chi connectivity index (χ1n) is 10.6. The van der Waals surface area contributed by atoms with Crippen LogP contribution in [0.2, 0.25) is 0 Å². The predicted molar refractivity (Wildman–Crippen MR) is 127 cm³/mol. The highest BCUT2D eigenvalue weighted by atomic mass is 32.2. The normalized spacial score (nSPS) is 12.6. The summed E-state index contributed by atoms with van der Waals surface area (Å²) < 4.78 is 33.0. The van der Waals surface area contributed by atoms with Crippen LogP contribution in [0.5, 0.6) is 0 Å². The smallest absolute Gasteiger partial charge is 0.266 e. The molecule has 0 radical (unpaired) electrons. The number of ether oxygens (including phenoxy) is 1. The summed E-state index contributed by atoms with van der Waals surface area (Å²) in [5.41, 5.74) is 2.33. The lowest BCUT2D eigenvalue weighted by molar-refractivity contribution is 0.107. The van der Waals surface area contributed by atoms with Crippen LogP contribution in [0.15, 0.2) is 47.8 Å². The molecule has 0 amide bonds. The van der Waals surface area contributed by atoms with Crippen molar-refractivity contribution in [3.63, 3.8) is 0 Å². The van der Waals surface area contributed by atoms with Gasteiger partial charge in [0.1, 0.15) is 24.2 Å². The molecule has 0 bridgehead atoms. The Morgan fingerprint density at radius 1 is 1.18 bits per heavy atom. The second-order valence-electron chi connectivity index (χ2n) is 8.03. The topological polar surface area (TPSA) is 134 Å². The number of rotatable bonds is 8. The zero-order chi connectivity index (χ0) is 24.4. The standard InChI is InChI=1S/C22H25N7O4S/c1-13(2)28-12-24-27-21(28)17-6-5-7-20(26-17)29-11-23-18-8-14(3)15(9-16(18)22(29)30)19(33-4)10-25-34(31)32/h5-9,11-13,19,34H,10H2,1-4H3,(H,25,31,32). The number of thiol groups is 1. The Hall–Kier alpha value is -3.48. The molecule has 1 unspecified atom stereocenters. The Kier molecular flexibility index (Phi) is 6.82. The Balaban J connectivity index is 1.80. The highest BCUT2D eigenvalue weighted by Crippen LogP contribution is 2.24. The third-order valence-corrected chi connectivity index (χ3v) is 5.96. The van der Waals surface area contributed by atoms with E-state index >= 15 is 0 Å². The molecule has 1 N–H and O–H groups in total. The summed E-state index contributed by atoms with van der Waals surface area (Å²) in [4.78, 5) is 22.5. The Bertz CT molecular complexity index is 1470. The molecule has 0 saturated carbocycles. The molecule has 34 heavy (non-hydrogen) atoms. The van der Waals surface area contributed by atoms with E-state index in [2.05, 4.69) is 24.9 Å². The van der Waals surface area contributed by atoms with Crippen molar-refractivity contribution in [2.75, 3.05) is 13.7 Å². The first-order chi connectivity index (χ1) is 16.3. The largest absolute Gasteiger partial charge is 0.375 e. The average Bonchev–Trinajstić information content (AvgIpc) is 3.31. The Labute approximate surface area is 197 Å². The van der Waals surface area contributed by atoms with Gasteiger partial charge in [0.2, 0.25) is 10.9 Å². The maximum absolute atomic E-state index is 13.4. The van der Waals surface area contributed by atoms with E-state index in [1.807, 2.05) is 31.4 Å². The van der Waals surface area contributed by atoms with Gasteiger partial charge in [-0.1, -0.05) is 6.07 Å². The van der Waals surface area contributed by atoms with Crippen molar-refractivity contribution in [3.8, 4) is 17.3 Å². The van der Waals surface area contributed by atoms with Gasteiger partial charge in [-0.15, -0.1) is 10.2 Å². The van der Waals surface area contributed by atoms with Crippen LogP contribution in [-0.2, 0) is 15.6 Å². The molecule has 11 nitrogen and oxygen atoms in total. The van der Waals surface area contributed by atoms with Crippen LogP contribution in [0.25, 0.3) is 28.2 Å². The zero-order valence-electron chi connectivity index (χ0n) is 19.2. The van der Waals surface area contributed by atoms with Crippen molar-refractivity contribution >= 4 is 21.8 Å². The molecule has 0 aliphatic heterocycles. The second kappa shape index (κ2) is 9.79. The Morgan fingerprint density at radius 3 is 2.68 bits per heavy atom. The van der Waals surface area contributed by atoms with Crippen LogP contribution in [0, 0.1) is 6.92 Å². The van der Waals surface area contributed by atoms with Gasteiger partial charge in [-0.3, -0.25) is 9.36 Å². The van der Waals surface area contributed by atoms with Gasteiger partial charge in [0.15, 0.2) is 5.82 Å². The van der Waals surface area contributed by atoms with Crippen LogP contribution in [0.3, 0.4) is 0 Å². The molecule has 4 aromatic rings. The van der Waals surface area contributed by atoms with Crippen LogP contribution in [0.1, 0.15) is 37.1 Å². The van der Waals surface area contributed by atoms with E-state index < -0.39 is 17.0 Å². The van der Waals surface area contributed by atoms with Gasteiger partial charge in [0.25, 0.3) is 5.56 Å². The summed E-state index contributed by atoms with van der Waals surface area (Å²) in [6, 6.07) is 8.95. The molecule has 0 fully saturated rings. The van der Waals surface area contributed by atoms with E-state index in [1.165, 1.54) is 18.0 Å². The van der Waals surface area contributed by atoms with E-state index in [-0.39, 0.29) is 18.1 Å². The molecule has 12 heteroatoms. The minimum atomic E-state index is -2.77. The monoisotopic (exact) mass is 483 g/mol. The van der Waals surface area contributed by atoms with Crippen LogP contribution in [-0.4, -0.2) is 51.4 Å². The second-order valence-corrected chi connectivity index (χ2v) is 8.86. The molecule has 1 aromatic carbocycles. The molecular weight excluding hydrogens is 458 g/mol. The lowest BCUT2D eigenvalue weighted by atomic mass is 10.0. The molecule has 0 aliphatic carbocycles. The molecule has 0 aliphatic rings. The number of methoxy groups -OCH3 is 1. The summed E-state index contributed by atoms with van der Waals surface area (Å²) in [5, 5.41) is 8.53. The molecular formula is C22H25N7O4S. The molecule has 0 saturated heterocycles. The van der Waals surface area contributed by atoms with Gasteiger partial charge in [-0.25, -0.2) is 23.1 Å². The summed E-state index contributed by atoms with van der Waals surface area (Å²) in [6.45, 7) is 5.95. The van der Waals surface area contributed by atoms with E-state index in [1.54, 1.807) is 30.6 Å². The fraction of sp³-hybridized carbons (Fsp3) is 0.318. The minimum Gasteiger partial charge on any atom is -0.375 e. The van der Waals surface area contributed by atoms with Crippen molar-refractivity contribution in [2.45, 2.75) is 32.9 Å². The number of benzene rings is 1. The SMILES string of the molecule is COC(CN[SH](=O)=O)c1cc2c(=O)n(-c3cccc(-c4nncn4C(C)C)n3)cnc2cc1C. The quantitative estimate of drug-likeness (QED) is 0.362. The third kappa shape index (κ3) is 4.60. The number of nitrogens with one attached hydrogen (secondary N) is 1. The molecule has 178 valence electrons. The third-order valence-electron chi connectivity index (χ3n) is 5.52. The maximum atomic E-state index is 13.4. The lowest BCUT2D eigenvalue weighted by Gasteiger charge is -2.18. The highest BCUT2D eigenvalue weighted by molar-refractivity contribution is 7.70. The van der Waals surface area contributed by atoms with Gasteiger partial charge in [-0.2, -0.15) is 0 Å². The number of nitrogens with zero attached hydrogens (tertiary/aromatic N) is 6. The first-order valence-corrected chi connectivity index (χ1v) is 11.8. The molecule has 0 spiro atoms. The summed E-state index contributed by atoms with van der Waals surface area (Å²) in [5.74, 6) is 0.995. The number of pyridine rings is 1. The van der Waals surface area contributed by atoms with Gasteiger partial charge in [-0.05, 0) is 56.2 Å². The summed E-state index contributed by atoms with van der Waals surface area (Å²) in [6.07, 6.45) is 2.53. The maximum Gasteiger partial charge on any atom is 0.266 e. The van der Waals surface area contributed by atoms with Crippen LogP contribution < -0.4 is 10.3 Å². The van der Waals surface area contributed by atoms with Crippen LogP contribution >= 0.6 is 0 Å². The van der Waals surface area contributed by atoms with Gasteiger partial charge in [0, 0.05) is 19.7 Å². The van der Waals surface area contributed by atoms with Gasteiger partial charge in [0.05, 0.1) is 17.0 Å². The first kappa shape index (κ1) is 23.7. The minimum absolute atomic E-state index is 0.0517. The Morgan fingerprint density at radius 2 is 1.97 bits per heavy atom. The number of aromatic nitrogens is 6. The van der Waals surface area contributed by atoms with Crippen LogP contribution in [0.4, 0.5) is 0 Å². The number of fused-ring (bicyclic) bond motifs is 1. The van der Waals surface area contributed by atoms with E-state index in [0.717, 1.165) is 5.56 Å².